The molecule has 0 atom stereocenters. The van der Waals surface area contributed by atoms with Gasteiger partial charge >= 0.3 is 8.80 Å². The fourth-order valence-corrected chi connectivity index (χ4v) is 1.86. The molecule has 61 valence electrons. The highest BCUT2D eigenvalue weighted by Crippen LogP contribution is 2.02. The van der Waals surface area contributed by atoms with Crippen molar-refractivity contribution in [2.75, 3.05) is 27.5 Å². The Bertz CT molecular complexity index is 78.7. The van der Waals surface area contributed by atoms with Gasteiger partial charge in [0, 0.05) is 28.4 Å². The van der Waals surface area contributed by atoms with E-state index in [1.807, 2.05) is 0 Å². The summed E-state index contributed by atoms with van der Waals surface area (Å²) in [6, 6.07) is 0. The molecule has 0 aliphatic rings. The zero-order chi connectivity index (χ0) is 8.04. The second-order valence-electron chi connectivity index (χ2n) is 1.72. The average molecular weight is 164 g/mol. The topological polar surface area (TPSA) is 39.7 Å². The third-order valence-corrected chi connectivity index (χ3v) is 3.82. The Labute approximate surface area is 62.8 Å². The van der Waals surface area contributed by atoms with Crippen molar-refractivity contribution in [2.45, 2.75) is 0 Å². The summed E-state index contributed by atoms with van der Waals surface area (Å²) in [5.74, 6) is 0. The Kier molecular flexibility index (Phi) is 4.84. The molecule has 0 aromatic heterocycles. The molecule has 0 heterocycles. The van der Waals surface area contributed by atoms with Crippen molar-refractivity contribution >= 4 is 8.80 Å². The number of hydrogen-bond acceptors (Lipinski definition) is 4. The van der Waals surface area contributed by atoms with E-state index >= 15 is 0 Å². The van der Waals surface area contributed by atoms with Gasteiger partial charge in [0.2, 0.25) is 0 Å². The van der Waals surface area contributed by atoms with Crippen LogP contribution in [0.15, 0.2) is 0 Å². The molecule has 0 aromatic rings. The van der Waals surface area contributed by atoms with E-state index in [0.29, 0.717) is 6.17 Å². The van der Waals surface area contributed by atoms with E-state index in [2.05, 4.69) is 12.4 Å². The van der Waals surface area contributed by atoms with E-state index in [1.54, 1.807) is 21.3 Å². The first-order valence-corrected chi connectivity index (χ1v) is 4.83. The summed E-state index contributed by atoms with van der Waals surface area (Å²) < 4.78 is 15.2. The Balaban J connectivity index is 3.87. The fraction of sp³-hybridized carbons (Fsp3) is 0.800. The summed E-state index contributed by atoms with van der Waals surface area (Å²) >= 11 is 0. The molecule has 0 rings (SSSR count). The van der Waals surface area contributed by atoms with E-state index in [4.69, 9.17) is 13.3 Å². The second kappa shape index (κ2) is 4.81. The minimum absolute atomic E-state index is 0.524. The molecule has 0 amide bonds. The Morgan fingerprint density at radius 3 is 1.70 bits per heavy atom. The summed E-state index contributed by atoms with van der Waals surface area (Å²) in [6.45, 7) is 0. The monoisotopic (exact) mass is 164 g/mol. The summed E-state index contributed by atoms with van der Waals surface area (Å²) in [5, 5.41) is 2.70. The molecule has 0 fully saturated rings. The van der Waals surface area contributed by atoms with E-state index in [-0.39, 0.29) is 0 Å². The minimum Gasteiger partial charge on any atom is -0.376 e. The van der Waals surface area contributed by atoms with Crippen LogP contribution in [0.5, 0.6) is 0 Å². The van der Waals surface area contributed by atoms with Crippen LogP contribution in [0.2, 0.25) is 0 Å². The fourth-order valence-electron chi connectivity index (χ4n) is 0.620. The van der Waals surface area contributed by atoms with Crippen molar-refractivity contribution in [3.8, 4) is 0 Å². The van der Waals surface area contributed by atoms with E-state index in [9.17, 15) is 0 Å². The second-order valence-corrected chi connectivity index (χ2v) is 4.67. The summed E-state index contributed by atoms with van der Waals surface area (Å²) in [6.07, 6.45) is 0.524. The molecular formula is C5H14NO3Si. The lowest BCUT2D eigenvalue weighted by Gasteiger charge is -2.23. The SMILES string of the molecule is [CH2]NC[Si](OC)(OC)OC. The van der Waals surface area contributed by atoms with Gasteiger partial charge in [0.25, 0.3) is 0 Å². The first kappa shape index (κ1) is 10.1. The quantitative estimate of drug-likeness (QED) is 0.571. The van der Waals surface area contributed by atoms with E-state index in [1.165, 1.54) is 0 Å². The highest BCUT2D eigenvalue weighted by atomic mass is 28.4. The van der Waals surface area contributed by atoms with Crippen LogP contribution in [0.3, 0.4) is 0 Å². The summed E-state index contributed by atoms with van der Waals surface area (Å²) in [4.78, 5) is 0. The van der Waals surface area contributed by atoms with Gasteiger partial charge in [-0.05, 0) is 0 Å². The highest BCUT2D eigenvalue weighted by molar-refractivity contribution is 6.60. The summed E-state index contributed by atoms with van der Waals surface area (Å²) in [5.41, 5.74) is 0. The molecular weight excluding hydrogens is 150 g/mol. The lowest BCUT2D eigenvalue weighted by atomic mass is 11.3. The van der Waals surface area contributed by atoms with Gasteiger partial charge in [0.1, 0.15) is 0 Å². The smallest absolute Gasteiger partial charge is 0.376 e. The standard InChI is InChI=1S/C5H14NO3Si/c1-6-5-10(7-2,8-3)9-4/h6H,1,5H2,2-4H3. The predicted molar refractivity (Wildman–Crippen MR) is 40.1 cm³/mol. The molecule has 5 heteroatoms. The first-order valence-electron chi connectivity index (χ1n) is 2.90. The van der Waals surface area contributed by atoms with Crippen molar-refractivity contribution in [2.24, 2.45) is 0 Å². The van der Waals surface area contributed by atoms with Crippen molar-refractivity contribution in [1.82, 2.24) is 5.32 Å². The van der Waals surface area contributed by atoms with Gasteiger partial charge in [0.15, 0.2) is 0 Å². The number of hydrogen-bond donors (Lipinski definition) is 1. The Hall–Kier alpha value is 0.0569. The predicted octanol–water partition coefficient (Wildman–Crippen LogP) is -0.215. The maximum atomic E-state index is 5.07. The largest absolute Gasteiger partial charge is 0.514 e. The molecule has 0 unspecified atom stereocenters. The van der Waals surface area contributed by atoms with Gasteiger partial charge in [-0.2, -0.15) is 0 Å². The summed E-state index contributed by atoms with van der Waals surface area (Å²) in [7, 11) is 5.77. The lowest BCUT2D eigenvalue weighted by molar-refractivity contribution is 0.123. The first-order chi connectivity index (χ1) is 4.74. The van der Waals surface area contributed by atoms with E-state index in [0.717, 1.165) is 0 Å². The van der Waals surface area contributed by atoms with Gasteiger partial charge in [-0.1, -0.05) is 0 Å². The molecule has 0 aliphatic carbocycles. The highest BCUT2D eigenvalue weighted by Gasteiger charge is 2.36. The number of nitrogens with one attached hydrogen (secondary N) is 1. The average Bonchev–Trinajstić information content (AvgIpc) is 2.01. The van der Waals surface area contributed by atoms with Crippen LogP contribution in [-0.4, -0.2) is 36.3 Å². The molecule has 4 nitrogen and oxygen atoms in total. The molecule has 1 radical (unpaired) electrons. The molecule has 0 aliphatic heterocycles. The third-order valence-electron chi connectivity index (χ3n) is 1.27. The van der Waals surface area contributed by atoms with Gasteiger partial charge in [0.05, 0.1) is 6.17 Å². The van der Waals surface area contributed by atoms with Gasteiger partial charge in [-0.25, -0.2) is 0 Å². The van der Waals surface area contributed by atoms with Crippen LogP contribution in [-0.2, 0) is 13.3 Å². The minimum atomic E-state index is -2.39. The number of rotatable bonds is 5. The van der Waals surface area contributed by atoms with Crippen molar-refractivity contribution in [3.05, 3.63) is 7.05 Å². The lowest BCUT2D eigenvalue weighted by Crippen LogP contribution is -2.50. The van der Waals surface area contributed by atoms with Crippen LogP contribution in [0.1, 0.15) is 0 Å². The van der Waals surface area contributed by atoms with Gasteiger partial charge in [-0.15, -0.1) is 0 Å². The van der Waals surface area contributed by atoms with Crippen LogP contribution < -0.4 is 5.32 Å². The molecule has 1 N–H and O–H groups in total. The van der Waals surface area contributed by atoms with Gasteiger partial charge < -0.3 is 18.6 Å². The molecule has 0 bridgehead atoms. The normalized spacial score (nSPS) is 12.0. The third kappa shape index (κ3) is 2.35. The van der Waals surface area contributed by atoms with Crippen molar-refractivity contribution in [1.29, 1.82) is 0 Å². The van der Waals surface area contributed by atoms with Gasteiger partial charge in [-0.3, -0.25) is 0 Å². The maximum Gasteiger partial charge on any atom is 0.514 e. The molecule has 0 saturated carbocycles. The Morgan fingerprint density at radius 1 is 1.20 bits per heavy atom. The zero-order valence-electron chi connectivity index (χ0n) is 6.64. The maximum absolute atomic E-state index is 5.07. The van der Waals surface area contributed by atoms with Crippen LogP contribution >= 0.6 is 0 Å². The zero-order valence-corrected chi connectivity index (χ0v) is 7.64. The molecule has 10 heavy (non-hydrogen) atoms. The molecule has 0 saturated heterocycles. The Morgan fingerprint density at radius 2 is 1.60 bits per heavy atom. The van der Waals surface area contributed by atoms with Crippen LogP contribution in [0, 0.1) is 7.05 Å². The van der Waals surface area contributed by atoms with E-state index < -0.39 is 8.80 Å². The van der Waals surface area contributed by atoms with Crippen LogP contribution in [0.25, 0.3) is 0 Å². The van der Waals surface area contributed by atoms with Crippen molar-refractivity contribution in [3.63, 3.8) is 0 Å². The van der Waals surface area contributed by atoms with Crippen LogP contribution in [0.4, 0.5) is 0 Å². The molecule has 0 aromatic carbocycles. The molecule has 0 spiro atoms. The van der Waals surface area contributed by atoms with Crippen molar-refractivity contribution < 1.29 is 13.3 Å².